The molecule has 158 valence electrons. The molecule has 3 aromatic rings. The smallest absolute Gasteiger partial charge is 0.338 e. The van der Waals surface area contributed by atoms with Crippen molar-refractivity contribution in [3.63, 3.8) is 0 Å². The number of halogens is 3. The fraction of sp³-hybridized carbons (Fsp3) is 0.167. The Labute approximate surface area is 176 Å². The first-order valence-corrected chi connectivity index (χ1v) is 9.61. The van der Waals surface area contributed by atoms with E-state index in [9.17, 15) is 22.8 Å². The van der Waals surface area contributed by atoms with Gasteiger partial charge in [0, 0.05) is 12.6 Å². The number of esters is 1. The van der Waals surface area contributed by atoms with E-state index in [1.807, 2.05) is 0 Å². The highest BCUT2D eigenvalue weighted by atomic mass is 19.1. The highest BCUT2D eigenvalue weighted by Gasteiger charge is 2.40. The first kappa shape index (κ1) is 20.7. The van der Waals surface area contributed by atoms with Crippen LogP contribution < -0.4 is 0 Å². The van der Waals surface area contributed by atoms with Gasteiger partial charge in [0.05, 0.1) is 11.6 Å². The first-order valence-electron chi connectivity index (χ1n) is 9.61. The molecule has 0 heterocycles. The number of likely N-dealkylation sites (N-methyl/N-ethyl adjacent to an activating group) is 1. The number of benzene rings is 3. The van der Waals surface area contributed by atoms with Crippen LogP contribution in [-0.2, 0) is 11.2 Å². The molecule has 0 N–H and O–H groups in total. The summed E-state index contributed by atoms with van der Waals surface area (Å²) in [5.41, 5.74) is 1.65. The lowest BCUT2D eigenvalue weighted by Gasteiger charge is -2.30. The number of carbonyl (C=O) groups is 2. The van der Waals surface area contributed by atoms with Gasteiger partial charge in [0.25, 0.3) is 5.91 Å². The normalized spacial score (nSPS) is 17.2. The summed E-state index contributed by atoms with van der Waals surface area (Å²) in [6.45, 7) is 0. The summed E-state index contributed by atoms with van der Waals surface area (Å²) in [6, 6.07) is 13.6. The second-order valence-corrected chi connectivity index (χ2v) is 7.37. The minimum absolute atomic E-state index is 0.156. The van der Waals surface area contributed by atoms with Gasteiger partial charge in [-0.3, -0.25) is 4.79 Å². The van der Waals surface area contributed by atoms with Crippen LogP contribution in [0.3, 0.4) is 0 Å². The Kier molecular flexibility index (Phi) is 5.50. The van der Waals surface area contributed by atoms with Crippen molar-refractivity contribution < 1.29 is 27.5 Å². The first-order chi connectivity index (χ1) is 14.8. The Morgan fingerprint density at radius 1 is 0.839 bits per heavy atom. The molecule has 0 bridgehead atoms. The molecule has 2 unspecified atom stereocenters. The Bertz CT molecular complexity index is 1130. The highest BCUT2D eigenvalue weighted by Crippen LogP contribution is 2.38. The van der Waals surface area contributed by atoms with Gasteiger partial charge >= 0.3 is 5.97 Å². The maximum Gasteiger partial charge on any atom is 0.338 e. The van der Waals surface area contributed by atoms with Gasteiger partial charge in [-0.15, -0.1) is 0 Å². The topological polar surface area (TPSA) is 46.6 Å². The lowest BCUT2D eigenvalue weighted by Crippen LogP contribution is -2.41. The monoisotopic (exact) mass is 425 g/mol. The number of ether oxygens (including phenoxy) is 1. The van der Waals surface area contributed by atoms with Crippen LogP contribution in [0.1, 0.15) is 37.9 Å². The third kappa shape index (κ3) is 4.17. The number of nitrogens with zero attached hydrogens (tertiary/aromatic N) is 1. The maximum absolute atomic E-state index is 13.8. The van der Waals surface area contributed by atoms with Gasteiger partial charge in [0.2, 0.25) is 0 Å². The zero-order chi connectivity index (χ0) is 22.1. The van der Waals surface area contributed by atoms with E-state index in [4.69, 9.17) is 4.74 Å². The molecule has 1 amide bonds. The Hall–Kier alpha value is -3.61. The number of rotatable bonds is 4. The number of hydrogen-bond donors (Lipinski definition) is 0. The zero-order valence-corrected chi connectivity index (χ0v) is 16.5. The molecule has 4 rings (SSSR count). The second-order valence-electron chi connectivity index (χ2n) is 7.37. The second kappa shape index (κ2) is 8.26. The molecule has 2 atom stereocenters. The van der Waals surface area contributed by atoms with Gasteiger partial charge in [-0.25, -0.2) is 18.0 Å². The van der Waals surface area contributed by atoms with Crippen LogP contribution in [0.15, 0.2) is 66.7 Å². The van der Waals surface area contributed by atoms with Crippen molar-refractivity contribution >= 4 is 11.9 Å². The Morgan fingerprint density at radius 3 is 2.00 bits per heavy atom. The van der Waals surface area contributed by atoms with Crippen LogP contribution >= 0.6 is 0 Å². The van der Waals surface area contributed by atoms with Crippen molar-refractivity contribution in [3.05, 3.63) is 106 Å². The average molecular weight is 425 g/mol. The van der Waals surface area contributed by atoms with Crippen LogP contribution in [0.2, 0.25) is 0 Å². The van der Waals surface area contributed by atoms with E-state index in [1.165, 1.54) is 59.5 Å². The van der Waals surface area contributed by atoms with Crippen molar-refractivity contribution in [1.82, 2.24) is 4.90 Å². The van der Waals surface area contributed by atoms with Crippen molar-refractivity contribution in [1.29, 1.82) is 0 Å². The number of amides is 1. The van der Waals surface area contributed by atoms with Crippen molar-refractivity contribution in [2.75, 3.05) is 7.05 Å². The summed E-state index contributed by atoms with van der Waals surface area (Å²) in [6.07, 6.45) is -0.569. The predicted octanol–water partition coefficient (Wildman–Crippen LogP) is 4.70. The quantitative estimate of drug-likeness (QED) is 0.570. The minimum Gasteiger partial charge on any atom is -0.452 e. The van der Waals surface area contributed by atoms with E-state index in [2.05, 4.69) is 0 Å². The lowest BCUT2D eigenvalue weighted by molar-refractivity contribution is 0.00743. The molecule has 0 spiro atoms. The van der Waals surface area contributed by atoms with Crippen LogP contribution in [0.25, 0.3) is 0 Å². The molecule has 0 fully saturated rings. The molecule has 0 aliphatic heterocycles. The van der Waals surface area contributed by atoms with E-state index in [0.29, 0.717) is 11.1 Å². The van der Waals surface area contributed by atoms with Crippen LogP contribution in [-0.4, -0.2) is 29.9 Å². The van der Waals surface area contributed by atoms with Crippen molar-refractivity contribution in [3.8, 4) is 0 Å². The highest BCUT2D eigenvalue weighted by molar-refractivity contribution is 5.94. The molecule has 0 radical (unpaired) electrons. The fourth-order valence-electron chi connectivity index (χ4n) is 3.77. The van der Waals surface area contributed by atoms with Crippen LogP contribution in [0.5, 0.6) is 0 Å². The lowest BCUT2D eigenvalue weighted by atomic mass is 10.1. The molecule has 1 aliphatic rings. The van der Waals surface area contributed by atoms with Gasteiger partial charge in [-0.2, -0.15) is 0 Å². The Morgan fingerprint density at radius 2 is 1.39 bits per heavy atom. The van der Waals surface area contributed by atoms with Gasteiger partial charge in [0.1, 0.15) is 23.6 Å². The Balaban J connectivity index is 1.63. The zero-order valence-electron chi connectivity index (χ0n) is 16.5. The summed E-state index contributed by atoms with van der Waals surface area (Å²) in [7, 11) is 1.55. The van der Waals surface area contributed by atoms with E-state index >= 15 is 0 Å². The van der Waals surface area contributed by atoms with E-state index < -0.39 is 35.6 Å². The summed E-state index contributed by atoms with van der Waals surface area (Å²) in [5.74, 6) is -2.46. The van der Waals surface area contributed by atoms with E-state index in [-0.39, 0.29) is 23.5 Å². The molecular formula is C24H18F3NO3. The number of carbonyl (C=O) groups excluding carboxylic acids is 2. The summed E-state index contributed by atoms with van der Waals surface area (Å²) < 4.78 is 45.9. The summed E-state index contributed by atoms with van der Waals surface area (Å²) in [4.78, 5) is 27.0. The number of fused-ring (bicyclic) bond motifs is 1. The maximum atomic E-state index is 13.8. The molecule has 1 aliphatic carbocycles. The van der Waals surface area contributed by atoms with Crippen LogP contribution in [0.4, 0.5) is 13.2 Å². The van der Waals surface area contributed by atoms with Crippen molar-refractivity contribution in [2.45, 2.75) is 18.6 Å². The largest absolute Gasteiger partial charge is 0.452 e. The molecule has 31 heavy (non-hydrogen) atoms. The SMILES string of the molecule is CN(C(=O)c1ccc(F)cc1)C1Cc2cc(F)ccc2C1OC(=O)c1ccc(F)cc1. The van der Waals surface area contributed by atoms with Gasteiger partial charge in [-0.1, -0.05) is 6.07 Å². The van der Waals surface area contributed by atoms with E-state index in [0.717, 1.165) is 12.1 Å². The van der Waals surface area contributed by atoms with E-state index in [1.54, 1.807) is 7.05 Å². The average Bonchev–Trinajstić information content (AvgIpc) is 3.11. The summed E-state index contributed by atoms with van der Waals surface area (Å²) in [5, 5.41) is 0. The predicted molar refractivity (Wildman–Crippen MR) is 107 cm³/mol. The summed E-state index contributed by atoms with van der Waals surface area (Å²) >= 11 is 0. The third-order valence-corrected chi connectivity index (χ3v) is 5.41. The molecule has 4 nitrogen and oxygen atoms in total. The van der Waals surface area contributed by atoms with Gasteiger partial charge < -0.3 is 9.64 Å². The molecule has 0 saturated carbocycles. The molecule has 0 saturated heterocycles. The fourth-order valence-corrected chi connectivity index (χ4v) is 3.77. The third-order valence-electron chi connectivity index (χ3n) is 5.41. The number of hydrogen-bond acceptors (Lipinski definition) is 3. The molecule has 3 aromatic carbocycles. The molecular weight excluding hydrogens is 407 g/mol. The molecule has 7 heteroatoms. The standard InChI is InChI=1S/C24H18F3NO3/c1-28(23(29)14-2-6-17(25)7-3-14)21-13-16-12-19(27)10-11-20(16)22(21)31-24(30)15-4-8-18(26)9-5-15/h2-12,21-22H,13H2,1H3. The van der Waals surface area contributed by atoms with Gasteiger partial charge in [-0.05, 0) is 78.2 Å². The van der Waals surface area contributed by atoms with Gasteiger partial charge in [0.15, 0.2) is 0 Å². The van der Waals surface area contributed by atoms with Crippen LogP contribution in [0, 0.1) is 17.5 Å². The molecule has 0 aromatic heterocycles. The van der Waals surface area contributed by atoms with Crippen molar-refractivity contribution in [2.24, 2.45) is 0 Å². The minimum atomic E-state index is -0.845.